The highest BCUT2D eigenvalue weighted by Crippen LogP contribution is 2.33. The van der Waals surface area contributed by atoms with Gasteiger partial charge in [-0.2, -0.15) is 11.8 Å². The molecule has 0 radical (unpaired) electrons. The third kappa shape index (κ3) is 25.7. The van der Waals surface area contributed by atoms with Gasteiger partial charge in [0.1, 0.15) is 36.3 Å². The van der Waals surface area contributed by atoms with Gasteiger partial charge in [-0.1, -0.05) is 91.3 Å². The van der Waals surface area contributed by atoms with Crippen molar-refractivity contribution in [2.75, 3.05) is 45.0 Å². The Kier molecular flexibility index (Phi) is 30.5. The fourth-order valence-electron chi connectivity index (χ4n) is 11.2. The van der Waals surface area contributed by atoms with Gasteiger partial charge in [-0.3, -0.25) is 59.4 Å². The molecule has 9 atom stereocenters. The van der Waals surface area contributed by atoms with E-state index < -0.39 is 103 Å². The minimum atomic E-state index is -1.46. The van der Waals surface area contributed by atoms with Gasteiger partial charge in [-0.15, -0.1) is 0 Å². The van der Waals surface area contributed by atoms with Crippen LogP contribution < -0.4 is 97.8 Å². The Hall–Kier alpha value is -9.98. The molecule has 31 nitrogen and oxygen atoms in total. The summed E-state index contributed by atoms with van der Waals surface area (Å²) in [4.78, 5) is 137. The Labute approximate surface area is 561 Å². The zero-order chi connectivity index (χ0) is 69.5. The molecule has 32 heteroatoms. The number of amides is 11. The zero-order valence-electron chi connectivity index (χ0n) is 53.7. The Balaban J connectivity index is 1.23. The number of unbranched alkanes of at least 4 members (excludes halogenated alkanes) is 2. The molecule has 2 fully saturated rings. The Morgan fingerprint density at radius 2 is 0.917 bits per heavy atom. The van der Waals surface area contributed by atoms with Gasteiger partial charge >= 0.3 is 6.03 Å². The quantitative estimate of drug-likeness (QED) is 0.00994. The number of fused-ring (bicyclic) bond motifs is 3. The van der Waals surface area contributed by atoms with E-state index in [-0.39, 0.29) is 125 Å². The Morgan fingerprint density at radius 1 is 0.469 bits per heavy atom. The monoisotopic (exact) mass is 1350 g/mol. The standard InChI is InChI=1S/C64H93N21O10S/c65-26-8-7-16-43(55(66)89)78-53(88)35-76-52(87)34-77-56(90)47(32-37-22-24-39-12-1-3-14-41(39)30-37)82-60(94)48(33-38-23-25-40-13-2-4-15-42(40)31-38)83-59(93)46(19-11-29-75-63(71)72)81-58(92)45(18-10-28-74-62(69)70)80-57(91)44(17-9-27-73-61(67)68)79-51(86)21-6-5-20-50-54-49(36-96-50)84-64(95)85-54/h1-4,12-15,22-25,30-31,43-50,54H,5-11,16-21,26-29,32-36,65H2,(H2,66,89)(H,76,87)(H,77,90)(H,78,88)(H,79,86)(H,80,91)(H,81,92)(H,82,94)(H,83,93)(H4,67,68,73)(H4,69,70,74)(H4,71,72,75)(H2,84,85,95)/t43-,44-,45-,46-,47+,48-,49?,50-,54?/m0/s1. The average molecular weight is 1350 g/mol. The van der Waals surface area contributed by atoms with Gasteiger partial charge < -0.3 is 97.8 Å². The highest BCUT2D eigenvalue weighted by Gasteiger charge is 2.43. The first-order valence-corrected chi connectivity index (χ1v) is 33.3. The molecule has 0 aromatic heterocycles. The van der Waals surface area contributed by atoms with Crippen LogP contribution in [0.4, 0.5) is 4.79 Å². The zero-order valence-corrected chi connectivity index (χ0v) is 54.5. The summed E-state index contributed by atoms with van der Waals surface area (Å²) in [6.07, 6.45) is 3.50. The topological polar surface area (TPSA) is 529 Å². The second kappa shape index (κ2) is 39.0. The van der Waals surface area contributed by atoms with Crippen molar-refractivity contribution in [3.8, 4) is 0 Å². The molecule has 2 heterocycles. The summed E-state index contributed by atoms with van der Waals surface area (Å²) in [6, 6.07) is 17.9. The smallest absolute Gasteiger partial charge is 0.315 e. The summed E-state index contributed by atoms with van der Waals surface area (Å²) in [7, 11) is 0. The van der Waals surface area contributed by atoms with Gasteiger partial charge in [-0.05, 0) is 110 Å². The minimum absolute atomic E-state index is 0.000916. The molecule has 0 bridgehead atoms. The van der Waals surface area contributed by atoms with Gasteiger partial charge in [-0.25, -0.2) is 4.79 Å². The van der Waals surface area contributed by atoms with Gasteiger partial charge in [0.05, 0.1) is 25.2 Å². The summed E-state index contributed by atoms with van der Waals surface area (Å²) in [5, 5.41) is 62.0. The van der Waals surface area contributed by atoms with Crippen LogP contribution in [0.25, 0.3) is 21.5 Å². The molecule has 6 rings (SSSR count). The fourth-order valence-corrected chi connectivity index (χ4v) is 12.7. The van der Waals surface area contributed by atoms with E-state index in [1.807, 2.05) is 72.8 Å². The molecule has 4 aromatic rings. The van der Waals surface area contributed by atoms with E-state index in [9.17, 15) is 38.4 Å². The highest BCUT2D eigenvalue weighted by molar-refractivity contribution is 8.00. The van der Waals surface area contributed by atoms with Crippen molar-refractivity contribution in [2.24, 2.45) is 28.7 Å². The number of carbonyl (C=O) groups is 10. The van der Waals surface area contributed by atoms with Crippen LogP contribution in [0.2, 0.25) is 0 Å². The number of rotatable bonds is 41. The van der Waals surface area contributed by atoms with Gasteiger partial charge in [0.15, 0.2) is 17.9 Å². The van der Waals surface area contributed by atoms with Gasteiger partial charge in [0, 0.05) is 49.9 Å². The summed E-state index contributed by atoms with van der Waals surface area (Å²) in [5.74, 6) is -6.98. The van der Waals surface area contributed by atoms with Crippen molar-refractivity contribution >= 4 is 110 Å². The number of thioether (sulfide) groups is 1. The van der Waals surface area contributed by atoms with Crippen molar-refractivity contribution in [1.82, 2.24) is 69.1 Å². The van der Waals surface area contributed by atoms with Crippen LogP contribution in [-0.2, 0) is 56.0 Å². The largest absolute Gasteiger partial charge is 0.370 e. The van der Waals surface area contributed by atoms with Crippen molar-refractivity contribution in [2.45, 2.75) is 150 Å². The van der Waals surface area contributed by atoms with Crippen LogP contribution in [0, 0.1) is 16.2 Å². The van der Waals surface area contributed by atoms with Crippen molar-refractivity contribution in [3.05, 3.63) is 96.1 Å². The number of benzene rings is 4. The minimum Gasteiger partial charge on any atom is -0.370 e. The lowest BCUT2D eigenvalue weighted by Crippen LogP contribution is -2.60. The predicted molar refractivity (Wildman–Crippen MR) is 366 cm³/mol. The lowest BCUT2D eigenvalue weighted by Gasteiger charge is -2.28. The van der Waals surface area contributed by atoms with E-state index in [2.05, 4.69) is 69.1 Å². The summed E-state index contributed by atoms with van der Waals surface area (Å²) in [6.45, 7) is -0.469. The van der Waals surface area contributed by atoms with Crippen LogP contribution in [0.15, 0.2) is 84.9 Å². The van der Waals surface area contributed by atoms with E-state index in [0.717, 1.165) is 33.7 Å². The molecular weight excluding hydrogens is 1250 g/mol. The number of urea groups is 1. The van der Waals surface area contributed by atoms with Crippen LogP contribution in [0.5, 0.6) is 0 Å². The molecule has 2 unspecified atom stereocenters. The maximum atomic E-state index is 15.1. The molecule has 2 saturated heterocycles. The molecule has 2 aliphatic heterocycles. The molecule has 2 aliphatic rings. The fraction of sp³-hybridized carbons (Fsp3) is 0.484. The lowest BCUT2D eigenvalue weighted by atomic mass is 9.98. The van der Waals surface area contributed by atoms with Crippen LogP contribution in [-0.4, -0.2) is 176 Å². The van der Waals surface area contributed by atoms with Gasteiger partial charge in [0.25, 0.3) is 0 Å². The maximum Gasteiger partial charge on any atom is 0.315 e. The first-order valence-electron chi connectivity index (χ1n) is 32.3. The first-order chi connectivity index (χ1) is 46.0. The summed E-state index contributed by atoms with van der Waals surface area (Å²) >= 11 is 1.76. The molecule has 26 N–H and O–H groups in total. The lowest BCUT2D eigenvalue weighted by molar-refractivity contribution is -0.135. The van der Waals surface area contributed by atoms with Crippen LogP contribution >= 0.6 is 11.8 Å². The third-order valence-electron chi connectivity index (χ3n) is 16.2. The van der Waals surface area contributed by atoms with E-state index >= 15 is 9.59 Å². The first kappa shape index (κ1) is 75.1. The van der Waals surface area contributed by atoms with Crippen molar-refractivity contribution < 1.29 is 47.9 Å². The van der Waals surface area contributed by atoms with Crippen molar-refractivity contribution in [3.63, 3.8) is 0 Å². The summed E-state index contributed by atoms with van der Waals surface area (Å²) < 4.78 is 0. The van der Waals surface area contributed by atoms with E-state index in [1.165, 1.54) is 0 Å². The second-order valence-electron chi connectivity index (χ2n) is 23.8. The third-order valence-corrected chi connectivity index (χ3v) is 17.7. The number of nitrogens with one attached hydrogen (secondary N) is 16. The number of nitrogens with two attached hydrogens (primary N) is 5. The number of hydrogen-bond acceptors (Lipinski definition) is 15. The number of guanidine groups is 3. The van der Waals surface area contributed by atoms with E-state index in [1.54, 1.807) is 23.9 Å². The van der Waals surface area contributed by atoms with E-state index in [4.69, 9.17) is 44.9 Å². The van der Waals surface area contributed by atoms with E-state index in [0.29, 0.717) is 43.4 Å². The van der Waals surface area contributed by atoms with Crippen LogP contribution in [0.1, 0.15) is 94.6 Å². The van der Waals surface area contributed by atoms with Gasteiger partial charge in [0.2, 0.25) is 53.2 Å². The summed E-state index contributed by atoms with van der Waals surface area (Å²) in [5.41, 5.74) is 29.0. The molecular formula is C64H93N21O10S. The number of carbonyl (C=O) groups excluding carboxylic acids is 10. The molecule has 520 valence electrons. The molecule has 0 spiro atoms. The second-order valence-corrected chi connectivity index (χ2v) is 25.0. The van der Waals surface area contributed by atoms with Crippen LogP contribution in [0.3, 0.4) is 0 Å². The Bertz CT molecular complexity index is 3400. The van der Waals surface area contributed by atoms with Crippen molar-refractivity contribution in [1.29, 1.82) is 16.2 Å². The number of primary amides is 1. The SMILES string of the molecule is N=C(N)NCCC[C@H](NC(=O)CCCC[C@@H]1SCC2NC(=O)NC21)C(=O)N[C@@H](CCCNC(=N)N)C(=O)N[C@@H](CCCNC(=N)N)C(=O)N[C@@H](Cc1ccc2ccccc2c1)C(=O)N[C@H](Cc1ccc2ccccc2c1)C(=O)NCC(=O)NCC(=O)N[C@@H](CCCCN)C(N)=O. The predicted octanol–water partition coefficient (Wildman–Crippen LogP) is -1.95. The highest BCUT2D eigenvalue weighted by atomic mass is 32.2. The molecule has 0 aliphatic carbocycles. The number of hydrogen-bond donors (Lipinski definition) is 21. The average Bonchev–Trinajstić information content (AvgIpc) is 1.48. The normalized spacial score (nSPS) is 16.4. The molecule has 96 heavy (non-hydrogen) atoms. The molecule has 11 amide bonds. The molecule has 0 saturated carbocycles. The Morgan fingerprint density at radius 3 is 1.42 bits per heavy atom. The maximum absolute atomic E-state index is 15.1. The molecule has 4 aromatic carbocycles.